The Labute approximate surface area is 228 Å². The lowest BCUT2D eigenvalue weighted by Crippen LogP contribution is -2.63. The van der Waals surface area contributed by atoms with Crippen molar-refractivity contribution in [2.24, 2.45) is 4.99 Å². The quantitative estimate of drug-likeness (QED) is 0.513. The number of amidine groups is 1. The molecule has 3 aromatic rings. The number of hydrogen-bond acceptors (Lipinski definition) is 8. The molecule has 40 heavy (non-hydrogen) atoms. The molecule has 12 heteroatoms. The standard InChI is InChI=1S/C28H28F2N6O4/c1-27(38)11-28(39,12-27)25-31-9-14(10-34(25)2)17-8-18-22-16-7-19(23(22)33-36(18)13-32-17)35(3)24(37)15-5-4-6-20(21(15)16)40-26(29)30/h4-6,8-9,13,16,19,26,38-39H,7,10-12H2,1-3H3. The number of aromatic nitrogens is 3. The van der Waals surface area contributed by atoms with Gasteiger partial charge in [-0.2, -0.15) is 13.9 Å². The van der Waals surface area contributed by atoms with Crippen molar-refractivity contribution in [1.29, 1.82) is 0 Å². The van der Waals surface area contributed by atoms with Crippen LogP contribution in [0.4, 0.5) is 8.78 Å². The molecule has 1 saturated carbocycles. The van der Waals surface area contributed by atoms with Crippen LogP contribution in [0.25, 0.3) is 11.1 Å². The van der Waals surface area contributed by atoms with Crippen LogP contribution in [0.2, 0.25) is 0 Å². The number of halogens is 2. The molecule has 0 radical (unpaired) electrons. The highest BCUT2D eigenvalue weighted by molar-refractivity contribution is 5.98. The summed E-state index contributed by atoms with van der Waals surface area (Å²) in [6.45, 7) is -0.883. The zero-order valence-electron chi connectivity index (χ0n) is 22.2. The van der Waals surface area contributed by atoms with Crippen LogP contribution in [-0.2, 0) is 0 Å². The Morgan fingerprint density at radius 2 is 1.95 bits per heavy atom. The van der Waals surface area contributed by atoms with Crippen LogP contribution in [0.15, 0.2) is 41.8 Å². The molecular weight excluding hydrogens is 522 g/mol. The minimum Gasteiger partial charge on any atom is -0.434 e. The maximum atomic E-state index is 13.4. The molecule has 2 aliphatic heterocycles. The van der Waals surface area contributed by atoms with Gasteiger partial charge in [-0.1, -0.05) is 6.07 Å². The van der Waals surface area contributed by atoms with Crippen LogP contribution >= 0.6 is 0 Å². The largest absolute Gasteiger partial charge is 0.434 e. The summed E-state index contributed by atoms with van der Waals surface area (Å²) in [6, 6.07) is 6.27. The molecule has 2 aliphatic carbocycles. The third kappa shape index (κ3) is 3.58. The van der Waals surface area contributed by atoms with Gasteiger partial charge in [-0.25, -0.2) is 14.5 Å². The molecule has 4 aliphatic rings. The highest BCUT2D eigenvalue weighted by atomic mass is 19.3. The molecule has 0 spiro atoms. The van der Waals surface area contributed by atoms with Gasteiger partial charge in [0.2, 0.25) is 0 Å². The molecule has 10 nitrogen and oxygen atoms in total. The molecule has 2 N–H and O–H groups in total. The highest BCUT2D eigenvalue weighted by Gasteiger charge is 2.54. The van der Waals surface area contributed by atoms with E-state index >= 15 is 0 Å². The number of amides is 1. The lowest BCUT2D eigenvalue weighted by Gasteiger charge is -2.50. The number of rotatable bonds is 4. The molecule has 1 fully saturated rings. The fourth-order valence-electron chi connectivity index (χ4n) is 7.05. The summed E-state index contributed by atoms with van der Waals surface area (Å²) in [5.74, 6) is -0.134. The fraction of sp³-hybridized carbons (Fsp3) is 0.429. The van der Waals surface area contributed by atoms with Crippen LogP contribution in [-0.4, -0.2) is 84.8 Å². The average molecular weight is 551 g/mol. The van der Waals surface area contributed by atoms with Crippen molar-refractivity contribution < 1.29 is 28.5 Å². The maximum Gasteiger partial charge on any atom is 0.387 e. The summed E-state index contributed by atoms with van der Waals surface area (Å²) in [5, 5.41) is 25.9. The molecule has 2 bridgehead atoms. The van der Waals surface area contributed by atoms with Gasteiger partial charge in [0.05, 0.1) is 28.5 Å². The second-order valence-corrected chi connectivity index (χ2v) is 11.6. The zero-order chi connectivity index (χ0) is 28.1. The normalized spacial score (nSPS) is 29.1. The Balaban J connectivity index is 1.32. The lowest BCUT2D eigenvalue weighted by atomic mass is 9.67. The second kappa shape index (κ2) is 8.31. The molecule has 1 aromatic carbocycles. The smallest absolute Gasteiger partial charge is 0.387 e. The van der Waals surface area contributed by atoms with Gasteiger partial charge in [-0.3, -0.25) is 4.79 Å². The number of aliphatic imine (C=N–C) groups is 1. The molecule has 208 valence electrons. The van der Waals surface area contributed by atoms with Crippen molar-refractivity contribution >= 4 is 22.8 Å². The zero-order valence-corrected chi connectivity index (χ0v) is 22.2. The predicted octanol–water partition coefficient (Wildman–Crippen LogP) is 2.95. The molecule has 4 heterocycles. The first-order valence-corrected chi connectivity index (χ1v) is 13.1. The first kappa shape index (κ1) is 25.1. The van der Waals surface area contributed by atoms with Gasteiger partial charge >= 0.3 is 6.61 Å². The van der Waals surface area contributed by atoms with E-state index in [1.54, 1.807) is 48.0 Å². The van der Waals surface area contributed by atoms with Gasteiger partial charge in [0.25, 0.3) is 5.91 Å². The van der Waals surface area contributed by atoms with Crippen LogP contribution < -0.4 is 4.74 Å². The topological polar surface area (TPSA) is 116 Å². The highest BCUT2D eigenvalue weighted by Crippen LogP contribution is 2.53. The van der Waals surface area contributed by atoms with Crippen molar-refractivity contribution in [2.75, 3.05) is 20.6 Å². The van der Waals surface area contributed by atoms with E-state index in [4.69, 9.17) is 9.84 Å². The number of aliphatic hydroxyl groups is 2. The van der Waals surface area contributed by atoms with Crippen LogP contribution in [0.3, 0.4) is 0 Å². The van der Waals surface area contributed by atoms with E-state index in [0.717, 1.165) is 16.7 Å². The van der Waals surface area contributed by atoms with E-state index in [9.17, 15) is 23.8 Å². The van der Waals surface area contributed by atoms with E-state index in [1.165, 1.54) is 6.07 Å². The molecule has 7 rings (SSSR count). The Hall–Kier alpha value is -3.90. The fourth-order valence-corrected chi connectivity index (χ4v) is 7.05. The minimum absolute atomic E-state index is 0.00670. The summed E-state index contributed by atoms with van der Waals surface area (Å²) >= 11 is 0. The third-order valence-corrected chi connectivity index (χ3v) is 8.57. The number of ether oxygens (including phenoxy) is 1. The van der Waals surface area contributed by atoms with Crippen molar-refractivity contribution in [2.45, 2.75) is 56.0 Å². The Morgan fingerprint density at radius 3 is 2.65 bits per heavy atom. The van der Waals surface area contributed by atoms with Crippen molar-refractivity contribution in [3.05, 3.63) is 64.9 Å². The van der Waals surface area contributed by atoms with Crippen molar-refractivity contribution in [3.63, 3.8) is 0 Å². The van der Waals surface area contributed by atoms with E-state index in [0.29, 0.717) is 41.3 Å². The van der Waals surface area contributed by atoms with Crippen molar-refractivity contribution in [1.82, 2.24) is 24.4 Å². The number of benzene rings is 1. The van der Waals surface area contributed by atoms with Gasteiger partial charge < -0.3 is 24.7 Å². The lowest BCUT2D eigenvalue weighted by molar-refractivity contribution is -0.136. The number of nitrogens with zero attached hydrogens (tertiary/aromatic N) is 6. The number of fused-ring (bicyclic) bond motifs is 9. The summed E-state index contributed by atoms with van der Waals surface area (Å²) in [4.78, 5) is 25.9. The number of carbonyl (C=O) groups is 1. The second-order valence-electron chi connectivity index (χ2n) is 11.6. The predicted molar refractivity (Wildman–Crippen MR) is 140 cm³/mol. The van der Waals surface area contributed by atoms with Gasteiger partial charge in [0.15, 0.2) is 0 Å². The first-order valence-electron chi connectivity index (χ1n) is 13.1. The molecule has 2 aromatic heterocycles. The van der Waals surface area contributed by atoms with Gasteiger partial charge in [-0.05, 0) is 31.5 Å². The minimum atomic E-state index is -3.02. The van der Waals surface area contributed by atoms with Gasteiger partial charge in [0, 0.05) is 67.9 Å². The summed E-state index contributed by atoms with van der Waals surface area (Å²) in [6.07, 6.45) is 4.24. The number of hydrogen-bond donors (Lipinski definition) is 2. The van der Waals surface area contributed by atoms with Crippen LogP contribution in [0.5, 0.6) is 5.75 Å². The van der Waals surface area contributed by atoms with Crippen LogP contribution in [0.1, 0.15) is 71.0 Å². The monoisotopic (exact) mass is 550 g/mol. The van der Waals surface area contributed by atoms with Gasteiger partial charge in [-0.15, -0.1) is 0 Å². The first-order chi connectivity index (χ1) is 19.0. The molecular formula is C28H28F2N6O4. The summed E-state index contributed by atoms with van der Waals surface area (Å²) in [5.41, 5.74) is 2.54. The van der Waals surface area contributed by atoms with E-state index < -0.39 is 17.8 Å². The molecule has 2 unspecified atom stereocenters. The molecule has 1 amide bonds. The average Bonchev–Trinajstić information content (AvgIpc) is 3.40. The number of carbonyl (C=O) groups excluding carboxylic acids is 1. The third-order valence-electron chi connectivity index (χ3n) is 8.57. The van der Waals surface area contributed by atoms with E-state index in [-0.39, 0.29) is 36.5 Å². The van der Waals surface area contributed by atoms with E-state index in [2.05, 4.69) is 9.98 Å². The van der Waals surface area contributed by atoms with E-state index in [1.807, 2.05) is 18.0 Å². The maximum absolute atomic E-state index is 13.4. The number of likely N-dealkylation sites (N-methyl/N-ethyl adjacent to an activating group) is 1. The summed E-state index contributed by atoms with van der Waals surface area (Å²) < 4.78 is 33.3. The molecule has 2 atom stereocenters. The number of alkyl halides is 2. The van der Waals surface area contributed by atoms with Crippen LogP contribution in [0, 0.1) is 0 Å². The Kier molecular flexibility index (Phi) is 5.21. The van der Waals surface area contributed by atoms with Crippen molar-refractivity contribution in [3.8, 4) is 5.75 Å². The summed E-state index contributed by atoms with van der Waals surface area (Å²) in [7, 11) is 3.54. The van der Waals surface area contributed by atoms with Gasteiger partial charge in [0.1, 0.15) is 23.5 Å². The Bertz CT molecular complexity index is 1640. The Morgan fingerprint density at radius 1 is 1.18 bits per heavy atom. The molecule has 0 saturated heterocycles. The SMILES string of the molecule is CN1CC(c2cc3c4c(nn3cn2)C2CC4c3c(OC(F)F)cccc3C(=O)N2C)=CN=C1C1(O)CC(C)(O)C1.